The summed E-state index contributed by atoms with van der Waals surface area (Å²) in [5.74, 6) is -0.319. The molecular weight excluding hydrogens is 448 g/mol. The van der Waals surface area contributed by atoms with Gasteiger partial charge in [0.15, 0.2) is 5.16 Å². The van der Waals surface area contributed by atoms with E-state index in [1.807, 2.05) is 44.2 Å². The molecule has 0 unspecified atom stereocenters. The van der Waals surface area contributed by atoms with Gasteiger partial charge in [-0.1, -0.05) is 30.0 Å². The molecule has 0 bridgehead atoms. The molecule has 4 rings (SSSR count). The summed E-state index contributed by atoms with van der Waals surface area (Å²) in [5, 5.41) is 6.49. The highest BCUT2D eigenvalue weighted by Crippen LogP contribution is 2.23. The molecule has 1 heterocycles. The highest BCUT2D eigenvalue weighted by molar-refractivity contribution is 7.99. The summed E-state index contributed by atoms with van der Waals surface area (Å²) in [7, 11) is 0. The van der Waals surface area contributed by atoms with Crippen LogP contribution in [0.5, 0.6) is 0 Å². The highest BCUT2D eigenvalue weighted by atomic mass is 32.2. The Morgan fingerprint density at radius 1 is 0.912 bits per heavy atom. The van der Waals surface area contributed by atoms with Crippen LogP contribution in [-0.4, -0.2) is 27.1 Å². The molecule has 2 amide bonds. The average Bonchev–Trinajstić information content (AvgIpc) is 2.78. The van der Waals surface area contributed by atoms with Crippen LogP contribution in [0.4, 0.5) is 11.4 Å². The molecule has 4 aromatic rings. The molecule has 1 aromatic heterocycles. The Morgan fingerprint density at radius 3 is 2.18 bits per heavy atom. The number of aryl methyl sites for hydroxylation is 2. The zero-order valence-corrected chi connectivity index (χ0v) is 19.9. The van der Waals surface area contributed by atoms with Gasteiger partial charge in [0.2, 0.25) is 11.8 Å². The molecule has 0 aliphatic carbocycles. The number of para-hydroxylation sites is 1. The molecule has 172 valence electrons. The second-order valence-corrected chi connectivity index (χ2v) is 8.94. The Morgan fingerprint density at radius 2 is 1.53 bits per heavy atom. The van der Waals surface area contributed by atoms with Gasteiger partial charge in [-0.25, -0.2) is 4.98 Å². The molecule has 0 aliphatic heterocycles. The molecule has 0 radical (unpaired) electrons. The van der Waals surface area contributed by atoms with Crippen molar-refractivity contribution >= 4 is 45.9 Å². The van der Waals surface area contributed by atoms with Crippen molar-refractivity contribution in [2.24, 2.45) is 0 Å². The monoisotopic (exact) mass is 472 g/mol. The van der Waals surface area contributed by atoms with Crippen LogP contribution >= 0.6 is 11.8 Å². The van der Waals surface area contributed by atoms with E-state index in [1.54, 1.807) is 41.0 Å². The van der Waals surface area contributed by atoms with Crippen molar-refractivity contribution in [3.8, 4) is 5.69 Å². The Bertz CT molecular complexity index is 1420. The second kappa shape index (κ2) is 9.93. The summed E-state index contributed by atoms with van der Waals surface area (Å²) < 4.78 is 1.57. The maximum absolute atomic E-state index is 13.4. The maximum atomic E-state index is 13.4. The summed E-state index contributed by atoms with van der Waals surface area (Å²) >= 11 is 1.20. The zero-order chi connectivity index (χ0) is 24.2. The average molecular weight is 473 g/mol. The molecule has 0 atom stereocenters. The lowest BCUT2D eigenvalue weighted by Crippen LogP contribution is -2.23. The van der Waals surface area contributed by atoms with Gasteiger partial charge in [-0.3, -0.25) is 19.0 Å². The molecule has 0 aliphatic rings. The standard InChI is InChI=1S/C26H24N4O3S/c1-16-12-17(2)14-21(13-16)30-25(33)22-6-4-5-7-23(22)29-26(30)34-15-24(32)28-20-10-8-19(9-11-20)27-18(3)31/h4-14H,15H2,1-3H3,(H,27,31)(H,28,32). The van der Waals surface area contributed by atoms with Crippen LogP contribution in [0.3, 0.4) is 0 Å². The fourth-order valence-corrected chi connectivity index (χ4v) is 4.50. The van der Waals surface area contributed by atoms with Gasteiger partial charge in [-0.05, 0) is 73.5 Å². The number of nitrogens with one attached hydrogen (secondary N) is 2. The Labute approximate surface area is 201 Å². The van der Waals surface area contributed by atoms with Crippen molar-refractivity contribution in [3.63, 3.8) is 0 Å². The number of carbonyl (C=O) groups excluding carboxylic acids is 2. The topological polar surface area (TPSA) is 93.1 Å². The van der Waals surface area contributed by atoms with Crippen LogP contribution < -0.4 is 16.2 Å². The number of carbonyl (C=O) groups is 2. The smallest absolute Gasteiger partial charge is 0.266 e. The summed E-state index contributed by atoms with van der Waals surface area (Å²) in [6.07, 6.45) is 0. The summed E-state index contributed by atoms with van der Waals surface area (Å²) in [4.78, 5) is 41.9. The Kier molecular flexibility index (Phi) is 6.79. The van der Waals surface area contributed by atoms with E-state index in [9.17, 15) is 14.4 Å². The Balaban J connectivity index is 1.60. The van der Waals surface area contributed by atoms with Gasteiger partial charge in [0.05, 0.1) is 22.3 Å². The van der Waals surface area contributed by atoms with Crippen LogP contribution in [0.15, 0.2) is 76.7 Å². The first-order chi connectivity index (χ1) is 16.3. The van der Waals surface area contributed by atoms with Crippen molar-refractivity contribution in [1.29, 1.82) is 0 Å². The molecule has 0 spiro atoms. The molecule has 0 saturated carbocycles. The van der Waals surface area contributed by atoms with Crippen molar-refractivity contribution in [2.75, 3.05) is 16.4 Å². The molecule has 8 heteroatoms. The van der Waals surface area contributed by atoms with Crippen LogP contribution in [0.25, 0.3) is 16.6 Å². The number of hydrogen-bond acceptors (Lipinski definition) is 5. The first-order valence-electron chi connectivity index (χ1n) is 10.7. The number of aromatic nitrogens is 2. The third kappa shape index (κ3) is 5.35. The number of fused-ring (bicyclic) bond motifs is 1. The van der Waals surface area contributed by atoms with E-state index in [0.29, 0.717) is 27.4 Å². The van der Waals surface area contributed by atoms with Crippen LogP contribution in [0.2, 0.25) is 0 Å². The molecule has 0 saturated heterocycles. The van der Waals surface area contributed by atoms with E-state index < -0.39 is 0 Å². The molecule has 34 heavy (non-hydrogen) atoms. The molecule has 2 N–H and O–H groups in total. The van der Waals surface area contributed by atoms with Crippen molar-refractivity contribution in [2.45, 2.75) is 25.9 Å². The maximum Gasteiger partial charge on any atom is 0.266 e. The van der Waals surface area contributed by atoms with Gasteiger partial charge >= 0.3 is 0 Å². The van der Waals surface area contributed by atoms with Crippen LogP contribution in [-0.2, 0) is 9.59 Å². The van der Waals surface area contributed by atoms with Gasteiger partial charge in [-0.15, -0.1) is 0 Å². The lowest BCUT2D eigenvalue weighted by Gasteiger charge is -2.14. The van der Waals surface area contributed by atoms with Crippen molar-refractivity contribution < 1.29 is 9.59 Å². The first-order valence-corrected chi connectivity index (χ1v) is 11.7. The van der Waals surface area contributed by atoms with Crippen LogP contribution in [0, 0.1) is 13.8 Å². The fourth-order valence-electron chi connectivity index (χ4n) is 3.68. The zero-order valence-electron chi connectivity index (χ0n) is 19.1. The summed E-state index contributed by atoms with van der Waals surface area (Å²) in [6, 6.07) is 20.0. The SMILES string of the molecule is CC(=O)Nc1ccc(NC(=O)CSc2nc3ccccc3c(=O)n2-c2cc(C)cc(C)c2)cc1. The van der Waals surface area contributed by atoms with Gasteiger partial charge < -0.3 is 10.6 Å². The first kappa shape index (κ1) is 23.3. The molecule has 0 fully saturated rings. The summed E-state index contributed by atoms with van der Waals surface area (Å²) in [5.41, 5.74) is 4.46. The lowest BCUT2D eigenvalue weighted by molar-refractivity contribution is -0.114. The van der Waals surface area contributed by atoms with Gasteiger partial charge in [0.1, 0.15) is 0 Å². The number of amides is 2. The van der Waals surface area contributed by atoms with Crippen molar-refractivity contribution in [1.82, 2.24) is 9.55 Å². The highest BCUT2D eigenvalue weighted by Gasteiger charge is 2.15. The van der Waals surface area contributed by atoms with Crippen molar-refractivity contribution in [3.05, 3.63) is 88.2 Å². The summed E-state index contributed by atoms with van der Waals surface area (Å²) in [6.45, 7) is 5.40. The largest absolute Gasteiger partial charge is 0.326 e. The minimum Gasteiger partial charge on any atom is -0.326 e. The molecule has 7 nitrogen and oxygen atoms in total. The number of nitrogens with zero attached hydrogens (tertiary/aromatic N) is 2. The Hall–Kier alpha value is -3.91. The minimum absolute atomic E-state index is 0.0724. The van der Waals surface area contributed by atoms with Gasteiger partial charge in [0, 0.05) is 18.3 Å². The third-order valence-corrected chi connectivity index (χ3v) is 5.97. The number of anilines is 2. The van der Waals surface area contributed by atoms with E-state index in [2.05, 4.69) is 10.6 Å². The number of hydrogen-bond donors (Lipinski definition) is 2. The molecular formula is C26H24N4O3S. The number of benzene rings is 3. The predicted molar refractivity (Wildman–Crippen MR) is 137 cm³/mol. The third-order valence-electron chi connectivity index (χ3n) is 5.03. The predicted octanol–water partition coefficient (Wildman–Crippen LogP) is 4.69. The number of rotatable bonds is 6. The van der Waals surface area contributed by atoms with E-state index in [-0.39, 0.29) is 23.1 Å². The van der Waals surface area contributed by atoms with E-state index >= 15 is 0 Å². The van der Waals surface area contributed by atoms with Gasteiger partial charge in [-0.2, -0.15) is 0 Å². The van der Waals surface area contributed by atoms with E-state index in [1.165, 1.54) is 18.7 Å². The van der Waals surface area contributed by atoms with E-state index in [0.717, 1.165) is 16.8 Å². The normalized spacial score (nSPS) is 10.8. The lowest BCUT2D eigenvalue weighted by atomic mass is 10.1. The van der Waals surface area contributed by atoms with Crippen LogP contribution in [0.1, 0.15) is 18.1 Å². The second-order valence-electron chi connectivity index (χ2n) is 7.99. The van der Waals surface area contributed by atoms with Gasteiger partial charge in [0.25, 0.3) is 5.56 Å². The quantitative estimate of drug-likeness (QED) is 0.314. The van der Waals surface area contributed by atoms with E-state index in [4.69, 9.17) is 4.98 Å². The minimum atomic E-state index is -0.230. The fraction of sp³-hybridized carbons (Fsp3) is 0.154. The molecule has 3 aromatic carbocycles. The number of thioether (sulfide) groups is 1.